The van der Waals surface area contributed by atoms with Gasteiger partial charge in [0, 0.05) is 29.6 Å². The lowest BCUT2D eigenvalue weighted by Gasteiger charge is -2.23. The third-order valence-corrected chi connectivity index (χ3v) is 5.12. The van der Waals surface area contributed by atoms with Crippen molar-refractivity contribution < 1.29 is 4.39 Å². The summed E-state index contributed by atoms with van der Waals surface area (Å²) in [4.78, 5) is 13.7. The number of hydrogen-bond donors (Lipinski definition) is 2. The van der Waals surface area contributed by atoms with Gasteiger partial charge in [-0.2, -0.15) is 4.98 Å². The first kappa shape index (κ1) is 18.3. The third kappa shape index (κ3) is 4.27. The van der Waals surface area contributed by atoms with Crippen LogP contribution in [0.2, 0.25) is 0 Å². The Balaban J connectivity index is 1.68. The summed E-state index contributed by atoms with van der Waals surface area (Å²) >= 11 is 0. The second-order valence-corrected chi connectivity index (χ2v) is 7.19. The molecule has 0 amide bonds. The molecule has 0 unspecified atom stereocenters. The highest BCUT2D eigenvalue weighted by molar-refractivity contribution is 5.66. The zero-order valence-corrected chi connectivity index (χ0v) is 16.0. The summed E-state index contributed by atoms with van der Waals surface area (Å²) in [6, 6.07) is 12.9. The maximum atomic E-state index is 13.9. The van der Waals surface area contributed by atoms with Gasteiger partial charge in [0.1, 0.15) is 11.6 Å². The van der Waals surface area contributed by atoms with Gasteiger partial charge >= 0.3 is 0 Å². The van der Waals surface area contributed by atoms with Gasteiger partial charge < -0.3 is 10.6 Å². The van der Waals surface area contributed by atoms with Gasteiger partial charge in [-0.25, -0.2) is 9.37 Å². The van der Waals surface area contributed by atoms with Crippen LogP contribution in [0.15, 0.2) is 48.7 Å². The fraction of sp³-hybridized carbons (Fsp3) is 0.318. The second-order valence-electron chi connectivity index (χ2n) is 7.19. The van der Waals surface area contributed by atoms with Crippen molar-refractivity contribution in [3.8, 4) is 11.4 Å². The van der Waals surface area contributed by atoms with Crippen molar-refractivity contribution in [1.29, 1.82) is 0 Å². The Morgan fingerprint density at radius 2 is 1.82 bits per heavy atom. The lowest BCUT2D eigenvalue weighted by Crippen LogP contribution is -2.23. The minimum atomic E-state index is -0.246. The Morgan fingerprint density at radius 1 is 0.964 bits per heavy atom. The fourth-order valence-electron chi connectivity index (χ4n) is 3.53. The molecule has 5 nitrogen and oxygen atoms in total. The van der Waals surface area contributed by atoms with E-state index >= 15 is 0 Å². The number of pyridine rings is 1. The molecular weight excluding hydrogens is 353 g/mol. The predicted molar refractivity (Wildman–Crippen MR) is 110 cm³/mol. The average Bonchev–Trinajstić information content (AvgIpc) is 2.73. The first-order chi connectivity index (χ1) is 13.7. The van der Waals surface area contributed by atoms with Crippen molar-refractivity contribution >= 4 is 17.5 Å². The largest absolute Gasteiger partial charge is 0.351 e. The molecule has 2 heterocycles. The van der Waals surface area contributed by atoms with Crippen LogP contribution >= 0.6 is 0 Å². The van der Waals surface area contributed by atoms with Crippen LogP contribution in [0.3, 0.4) is 0 Å². The van der Waals surface area contributed by atoms with Crippen LogP contribution in [0, 0.1) is 12.7 Å². The molecule has 144 valence electrons. The zero-order valence-electron chi connectivity index (χ0n) is 16.0. The lowest BCUT2D eigenvalue weighted by molar-refractivity contribution is 0.461. The molecule has 2 N–H and O–H groups in total. The van der Waals surface area contributed by atoms with E-state index in [0.29, 0.717) is 29.1 Å². The van der Waals surface area contributed by atoms with Crippen LogP contribution in [-0.4, -0.2) is 21.0 Å². The Kier molecular flexibility index (Phi) is 5.46. The molecule has 0 saturated heterocycles. The monoisotopic (exact) mass is 377 g/mol. The fourth-order valence-corrected chi connectivity index (χ4v) is 3.53. The van der Waals surface area contributed by atoms with E-state index in [-0.39, 0.29) is 5.82 Å². The van der Waals surface area contributed by atoms with E-state index in [0.717, 1.165) is 24.2 Å². The number of aromatic nitrogens is 3. The van der Waals surface area contributed by atoms with Crippen molar-refractivity contribution in [1.82, 2.24) is 15.0 Å². The van der Waals surface area contributed by atoms with Crippen molar-refractivity contribution in [2.45, 2.75) is 45.1 Å². The van der Waals surface area contributed by atoms with Crippen molar-refractivity contribution in [3.05, 3.63) is 60.0 Å². The van der Waals surface area contributed by atoms with Gasteiger partial charge in [-0.15, -0.1) is 0 Å². The summed E-state index contributed by atoms with van der Waals surface area (Å²) in [5.74, 6) is 0.943. The molecule has 1 fully saturated rings. The first-order valence-corrected chi connectivity index (χ1v) is 9.78. The van der Waals surface area contributed by atoms with E-state index in [1.807, 2.05) is 30.3 Å². The van der Waals surface area contributed by atoms with Crippen molar-refractivity contribution in [2.24, 2.45) is 0 Å². The van der Waals surface area contributed by atoms with Crippen molar-refractivity contribution in [3.63, 3.8) is 0 Å². The quantitative estimate of drug-likeness (QED) is 0.617. The van der Waals surface area contributed by atoms with E-state index < -0.39 is 0 Å². The number of benzene rings is 1. The van der Waals surface area contributed by atoms with Crippen LogP contribution in [0.1, 0.15) is 37.7 Å². The molecule has 3 aromatic rings. The minimum Gasteiger partial charge on any atom is -0.351 e. The molecule has 4 rings (SSSR count). The molecule has 1 aliphatic carbocycles. The Hall–Kier alpha value is -3.02. The van der Waals surface area contributed by atoms with Crippen molar-refractivity contribution in [2.75, 3.05) is 10.6 Å². The Morgan fingerprint density at radius 3 is 2.61 bits per heavy atom. The molecule has 1 saturated carbocycles. The summed E-state index contributed by atoms with van der Waals surface area (Å²) in [6.45, 7) is 1.75. The maximum Gasteiger partial charge on any atom is 0.225 e. The van der Waals surface area contributed by atoms with E-state index in [2.05, 4.69) is 25.6 Å². The number of nitrogens with zero attached hydrogens (tertiary/aromatic N) is 3. The summed E-state index contributed by atoms with van der Waals surface area (Å²) < 4.78 is 13.9. The van der Waals surface area contributed by atoms with E-state index in [4.69, 9.17) is 0 Å². The molecule has 2 aromatic heterocycles. The van der Waals surface area contributed by atoms with Gasteiger partial charge in [-0.1, -0.05) is 31.4 Å². The zero-order chi connectivity index (χ0) is 19.3. The van der Waals surface area contributed by atoms with E-state index in [1.165, 1.54) is 25.3 Å². The molecule has 28 heavy (non-hydrogen) atoms. The van der Waals surface area contributed by atoms with Gasteiger partial charge in [0.25, 0.3) is 0 Å². The minimum absolute atomic E-state index is 0.246. The van der Waals surface area contributed by atoms with Crippen LogP contribution < -0.4 is 10.6 Å². The number of nitrogens with one attached hydrogen (secondary N) is 2. The van der Waals surface area contributed by atoms with Crippen LogP contribution in [-0.2, 0) is 0 Å². The highest BCUT2D eigenvalue weighted by atomic mass is 19.1. The van der Waals surface area contributed by atoms with Gasteiger partial charge in [0.05, 0.1) is 11.4 Å². The number of anilines is 3. The predicted octanol–water partition coefficient (Wildman–Crippen LogP) is 5.47. The highest BCUT2D eigenvalue weighted by Gasteiger charge is 2.16. The van der Waals surface area contributed by atoms with E-state index in [9.17, 15) is 4.39 Å². The molecular formula is C22H24FN5. The standard InChI is InChI=1S/C22H24FN5/c1-15-17(23)10-7-12-18(15)26-21-14-20(19-11-5-6-13-24-19)27-22(28-21)25-16-8-3-2-4-9-16/h5-7,10-14,16H,2-4,8-9H2,1H3,(H2,25,26,27,28). The van der Waals surface area contributed by atoms with Gasteiger partial charge in [-0.3, -0.25) is 4.98 Å². The smallest absolute Gasteiger partial charge is 0.225 e. The van der Waals surface area contributed by atoms with Crippen LogP contribution in [0.25, 0.3) is 11.4 Å². The highest BCUT2D eigenvalue weighted by Crippen LogP contribution is 2.26. The topological polar surface area (TPSA) is 62.7 Å². The third-order valence-electron chi connectivity index (χ3n) is 5.12. The molecule has 0 spiro atoms. The normalized spacial score (nSPS) is 14.6. The molecule has 1 aromatic carbocycles. The number of rotatable bonds is 5. The summed E-state index contributed by atoms with van der Waals surface area (Å²) in [5.41, 5.74) is 2.75. The van der Waals surface area contributed by atoms with Crippen LogP contribution in [0.5, 0.6) is 0 Å². The number of hydrogen-bond acceptors (Lipinski definition) is 5. The molecule has 0 bridgehead atoms. The Bertz CT molecular complexity index is 939. The summed E-state index contributed by atoms with van der Waals surface area (Å²) in [5, 5.41) is 6.72. The summed E-state index contributed by atoms with van der Waals surface area (Å²) in [6.07, 6.45) is 7.75. The Labute approximate surface area is 164 Å². The first-order valence-electron chi connectivity index (χ1n) is 9.78. The molecule has 0 aliphatic heterocycles. The summed E-state index contributed by atoms with van der Waals surface area (Å²) in [7, 11) is 0. The molecule has 6 heteroatoms. The van der Waals surface area contributed by atoms with Gasteiger partial charge in [0.15, 0.2) is 0 Å². The van der Waals surface area contributed by atoms with Gasteiger partial charge in [0.2, 0.25) is 5.95 Å². The molecule has 0 radical (unpaired) electrons. The number of halogens is 1. The molecule has 0 atom stereocenters. The second kappa shape index (κ2) is 8.33. The average molecular weight is 377 g/mol. The SMILES string of the molecule is Cc1c(F)cccc1Nc1cc(-c2ccccn2)nc(NC2CCCCC2)n1. The molecule has 1 aliphatic rings. The van der Waals surface area contributed by atoms with Gasteiger partial charge in [-0.05, 0) is 44.0 Å². The lowest BCUT2D eigenvalue weighted by atomic mass is 9.96. The maximum absolute atomic E-state index is 13.9. The van der Waals surface area contributed by atoms with Crippen LogP contribution in [0.4, 0.5) is 21.8 Å². The van der Waals surface area contributed by atoms with E-state index in [1.54, 1.807) is 19.2 Å².